The molecule has 0 aromatic heterocycles. The second-order valence-electron chi connectivity index (χ2n) is 3.06. The minimum absolute atomic E-state index is 0.578. The number of aryl methyl sites for hydroxylation is 1. The van der Waals surface area contributed by atoms with Crippen molar-refractivity contribution in [3.63, 3.8) is 0 Å². The minimum atomic E-state index is 0.578. The third-order valence-corrected chi connectivity index (χ3v) is 1.87. The molecule has 0 spiro atoms. The van der Waals surface area contributed by atoms with Crippen LogP contribution in [0.2, 0.25) is 0 Å². The zero-order valence-corrected chi connectivity index (χ0v) is 8.50. The van der Waals surface area contributed by atoms with Gasteiger partial charge < -0.3 is 10.1 Å². The highest BCUT2D eigenvalue weighted by Gasteiger charge is 2.02. The molecule has 0 aliphatic rings. The summed E-state index contributed by atoms with van der Waals surface area (Å²) in [5.74, 6) is 0.669. The van der Waals surface area contributed by atoms with Crippen LogP contribution < -0.4 is 10.1 Å². The standard InChI is InChI=1S/C11H14N2O/c1-9-3-4-10(8-12)11(7-9)14-6-5-13-2/h3-4,7,13H,5-6H2,1-2H3. The molecule has 0 aliphatic carbocycles. The molecule has 74 valence electrons. The molecule has 1 rings (SSSR count). The van der Waals surface area contributed by atoms with Crippen LogP contribution in [-0.2, 0) is 0 Å². The Morgan fingerprint density at radius 3 is 2.93 bits per heavy atom. The number of nitrogens with one attached hydrogen (secondary N) is 1. The van der Waals surface area contributed by atoms with E-state index in [0.717, 1.165) is 12.1 Å². The first kappa shape index (κ1) is 10.6. The van der Waals surface area contributed by atoms with Crippen molar-refractivity contribution in [3.05, 3.63) is 29.3 Å². The third kappa shape index (κ3) is 2.75. The molecule has 0 saturated heterocycles. The first-order valence-electron chi connectivity index (χ1n) is 4.56. The molecule has 3 heteroatoms. The molecule has 1 aromatic rings. The lowest BCUT2D eigenvalue weighted by Gasteiger charge is -2.07. The molecule has 0 fully saturated rings. The van der Waals surface area contributed by atoms with E-state index in [1.165, 1.54) is 0 Å². The van der Waals surface area contributed by atoms with Crippen LogP contribution in [0.3, 0.4) is 0 Å². The largest absolute Gasteiger partial charge is 0.491 e. The van der Waals surface area contributed by atoms with Crippen LogP contribution in [0.25, 0.3) is 0 Å². The fourth-order valence-corrected chi connectivity index (χ4v) is 1.10. The van der Waals surface area contributed by atoms with Gasteiger partial charge in [0, 0.05) is 6.54 Å². The van der Waals surface area contributed by atoms with Gasteiger partial charge in [-0.15, -0.1) is 0 Å². The zero-order valence-electron chi connectivity index (χ0n) is 8.50. The average molecular weight is 190 g/mol. The molecular weight excluding hydrogens is 176 g/mol. The van der Waals surface area contributed by atoms with Gasteiger partial charge in [-0.05, 0) is 31.7 Å². The highest BCUT2D eigenvalue weighted by Crippen LogP contribution is 2.18. The number of hydrogen-bond acceptors (Lipinski definition) is 3. The fraction of sp³-hybridized carbons (Fsp3) is 0.364. The zero-order chi connectivity index (χ0) is 10.4. The van der Waals surface area contributed by atoms with Gasteiger partial charge in [0.05, 0.1) is 5.56 Å². The Morgan fingerprint density at radius 1 is 1.50 bits per heavy atom. The molecule has 0 atom stereocenters. The van der Waals surface area contributed by atoms with Crippen LogP contribution in [0, 0.1) is 18.3 Å². The van der Waals surface area contributed by atoms with E-state index in [1.807, 2.05) is 26.1 Å². The Kier molecular flexibility index (Phi) is 3.96. The van der Waals surface area contributed by atoms with E-state index >= 15 is 0 Å². The van der Waals surface area contributed by atoms with Crippen LogP contribution >= 0.6 is 0 Å². The molecule has 0 bridgehead atoms. The summed E-state index contributed by atoms with van der Waals surface area (Å²) in [4.78, 5) is 0. The van der Waals surface area contributed by atoms with Gasteiger partial charge in [-0.3, -0.25) is 0 Å². The summed E-state index contributed by atoms with van der Waals surface area (Å²) in [5, 5.41) is 11.8. The van der Waals surface area contributed by atoms with Crippen molar-refractivity contribution in [3.8, 4) is 11.8 Å². The number of nitriles is 1. The van der Waals surface area contributed by atoms with E-state index in [0.29, 0.717) is 17.9 Å². The van der Waals surface area contributed by atoms with Crippen molar-refractivity contribution >= 4 is 0 Å². The van der Waals surface area contributed by atoms with Gasteiger partial charge in [-0.1, -0.05) is 6.07 Å². The first-order valence-corrected chi connectivity index (χ1v) is 4.56. The van der Waals surface area contributed by atoms with E-state index in [2.05, 4.69) is 11.4 Å². The SMILES string of the molecule is CNCCOc1cc(C)ccc1C#N. The molecule has 1 N–H and O–H groups in total. The molecular formula is C11H14N2O. The topological polar surface area (TPSA) is 45.0 Å². The highest BCUT2D eigenvalue weighted by molar-refractivity contribution is 5.44. The quantitative estimate of drug-likeness (QED) is 0.731. The third-order valence-electron chi connectivity index (χ3n) is 1.87. The summed E-state index contributed by atoms with van der Waals surface area (Å²) in [6.07, 6.45) is 0. The molecule has 0 aliphatic heterocycles. The van der Waals surface area contributed by atoms with E-state index in [9.17, 15) is 0 Å². The fourth-order valence-electron chi connectivity index (χ4n) is 1.10. The normalized spacial score (nSPS) is 9.50. The summed E-state index contributed by atoms with van der Waals surface area (Å²) >= 11 is 0. The lowest BCUT2D eigenvalue weighted by atomic mass is 10.1. The predicted molar refractivity (Wildman–Crippen MR) is 55.3 cm³/mol. The average Bonchev–Trinajstić information content (AvgIpc) is 2.19. The van der Waals surface area contributed by atoms with E-state index < -0.39 is 0 Å². The summed E-state index contributed by atoms with van der Waals surface area (Å²) in [6.45, 7) is 3.33. The van der Waals surface area contributed by atoms with Crippen LogP contribution in [0.5, 0.6) is 5.75 Å². The number of ether oxygens (including phenoxy) is 1. The smallest absolute Gasteiger partial charge is 0.137 e. The predicted octanol–water partition coefficient (Wildman–Crippen LogP) is 1.46. The maximum atomic E-state index is 8.82. The number of rotatable bonds is 4. The maximum absolute atomic E-state index is 8.82. The summed E-state index contributed by atoms with van der Waals surface area (Å²) in [7, 11) is 1.87. The van der Waals surface area contributed by atoms with Gasteiger partial charge >= 0.3 is 0 Å². The highest BCUT2D eigenvalue weighted by atomic mass is 16.5. The van der Waals surface area contributed by atoms with Gasteiger partial charge in [0.15, 0.2) is 0 Å². The minimum Gasteiger partial charge on any atom is -0.491 e. The molecule has 14 heavy (non-hydrogen) atoms. The molecule has 0 amide bonds. The van der Waals surface area contributed by atoms with E-state index in [4.69, 9.17) is 10.00 Å². The van der Waals surface area contributed by atoms with Crippen LogP contribution in [-0.4, -0.2) is 20.2 Å². The van der Waals surface area contributed by atoms with Crippen molar-refractivity contribution in [2.24, 2.45) is 0 Å². The van der Waals surface area contributed by atoms with Crippen molar-refractivity contribution < 1.29 is 4.74 Å². The Bertz CT molecular complexity index is 342. The van der Waals surface area contributed by atoms with Gasteiger partial charge in [0.25, 0.3) is 0 Å². The van der Waals surface area contributed by atoms with E-state index in [1.54, 1.807) is 6.07 Å². The second-order valence-corrected chi connectivity index (χ2v) is 3.06. The molecule has 0 saturated carbocycles. The molecule has 1 aromatic carbocycles. The lowest BCUT2D eigenvalue weighted by molar-refractivity contribution is 0.317. The van der Waals surface area contributed by atoms with Crippen molar-refractivity contribution in [2.75, 3.05) is 20.2 Å². The number of nitrogens with zero attached hydrogens (tertiary/aromatic N) is 1. The number of hydrogen-bond donors (Lipinski definition) is 1. The Labute approximate surface area is 84.3 Å². The Balaban J connectivity index is 2.73. The molecule has 0 heterocycles. The Morgan fingerprint density at radius 2 is 2.29 bits per heavy atom. The van der Waals surface area contributed by atoms with Gasteiger partial charge in [-0.2, -0.15) is 5.26 Å². The molecule has 3 nitrogen and oxygen atoms in total. The van der Waals surface area contributed by atoms with Crippen molar-refractivity contribution in [1.29, 1.82) is 5.26 Å². The van der Waals surface area contributed by atoms with E-state index in [-0.39, 0.29) is 0 Å². The Hall–Kier alpha value is -1.53. The lowest BCUT2D eigenvalue weighted by Crippen LogP contribution is -2.16. The molecule has 0 unspecified atom stereocenters. The van der Waals surface area contributed by atoms with Crippen molar-refractivity contribution in [1.82, 2.24) is 5.32 Å². The first-order chi connectivity index (χ1) is 6.77. The summed E-state index contributed by atoms with van der Waals surface area (Å²) in [5.41, 5.74) is 1.69. The number of likely N-dealkylation sites (N-methyl/N-ethyl adjacent to an activating group) is 1. The van der Waals surface area contributed by atoms with Crippen LogP contribution in [0.4, 0.5) is 0 Å². The van der Waals surface area contributed by atoms with Crippen molar-refractivity contribution in [2.45, 2.75) is 6.92 Å². The monoisotopic (exact) mass is 190 g/mol. The van der Waals surface area contributed by atoms with Gasteiger partial charge in [0.1, 0.15) is 18.4 Å². The van der Waals surface area contributed by atoms with Crippen LogP contribution in [0.15, 0.2) is 18.2 Å². The second kappa shape index (κ2) is 5.25. The molecule has 0 radical (unpaired) electrons. The maximum Gasteiger partial charge on any atom is 0.137 e. The summed E-state index contributed by atoms with van der Waals surface area (Å²) < 4.78 is 5.46. The summed E-state index contributed by atoms with van der Waals surface area (Å²) in [6, 6.07) is 7.68. The number of benzene rings is 1. The van der Waals surface area contributed by atoms with Crippen LogP contribution in [0.1, 0.15) is 11.1 Å². The van der Waals surface area contributed by atoms with Gasteiger partial charge in [-0.25, -0.2) is 0 Å². The van der Waals surface area contributed by atoms with Gasteiger partial charge in [0.2, 0.25) is 0 Å².